The van der Waals surface area contributed by atoms with Crippen LogP contribution in [0.1, 0.15) is 24.8 Å². The van der Waals surface area contributed by atoms with Crippen LogP contribution in [-0.4, -0.2) is 33.4 Å². The molecule has 112 valence electrons. The number of allylic oxidation sites excluding steroid dienone is 1. The van der Waals surface area contributed by atoms with Gasteiger partial charge in [0.25, 0.3) is 0 Å². The summed E-state index contributed by atoms with van der Waals surface area (Å²) in [7, 11) is 1.74. The maximum atomic E-state index is 5.84. The summed E-state index contributed by atoms with van der Waals surface area (Å²) >= 11 is 0. The maximum Gasteiger partial charge on any atom is 0.122 e. The Morgan fingerprint density at radius 1 is 1.10 bits per heavy atom. The predicted molar refractivity (Wildman–Crippen MR) is 84.4 cm³/mol. The zero-order valence-corrected chi connectivity index (χ0v) is 12.6. The third kappa shape index (κ3) is 7.31. The summed E-state index contributed by atoms with van der Waals surface area (Å²) in [5.41, 5.74) is 1.21. The van der Waals surface area contributed by atoms with E-state index in [4.69, 9.17) is 9.47 Å². The van der Waals surface area contributed by atoms with E-state index in [-0.39, 0.29) is 0 Å². The molecule has 0 aliphatic heterocycles. The third-order valence-corrected chi connectivity index (χ3v) is 3.04. The quantitative estimate of drug-likeness (QED) is 0.470. The summed E-state index contributed by atoms with van der Waals surface area (Å²) in [6.07, 6.45) is 6.04. The highest BCUT2D eigenvalue weighted by molar-refractivity contribution is 5.34. The van der Waals surface area contributed by atoms with Crippen molar-refractivity contribution in [1.82, 2.24) is 5.32 Å². The minimum absolute atomic E-state index is 0.772. The summed E-state index contributed by atoms with van der Waals surface area (Å²) < 4.78 is 10.8. The summed E-state index contributed by atoms with van der Waals surface area (Å²) in [5, 5.41) is 3.40. The number of hydrogen-bond donors (Lipinski definition) is 1. The topological polar surface area (TPSA) is 30.5 Å². The second-order valence-electron chi connectivity index (χ2n) is 4.75. The van der Waals surface area contributed by atoms with Gasteiger partial charge in [0.1, 0.15) is 5.75 Å². The average molecular weight is 277 g/mol. The maximum absolute atomic E-state index is 5.84. The van der Waals surface area contributed by atoms with Gasteiger partial charge in [-0.05, 0) is 50.4 Å². The van der Waals surface area contributed by atoms with Crippen LogP contribution in [0.15, 0.2) is 36.9 Å². The van der Waals surface area contributed by atoms with Crippen molar-refractivity contribution in [2.75, 3.05) is 33.4 Å². The van der Waals surface area contributed by atoms with Gasteiger partial charge in [0.15, 0.2) is 0 Å². The molecular formula is C17H27NO2. The van der Waals surface area contributed by atoms with Crippen LogP contribution in [0, 0.1) is 0 Å². The van der Waals surface area contributed by atoms with E-state index in [1.54, 1.807) is 7.11 Å². The van der Waals surface area contributed by atoms with E-state index in [0.717, 1.165) is 57.7 Å². The number of unbranched alkanes of at least 4 members (excludes halogenated alkanes) is 1. The zero-order chi connectivity index (χ0) is 14.5. The Hall–Kier alpha value is -1.32. The van der Waals surface area contributed by atoms with Gasteiger partial charge in [-0.25, -0.2) is 0 Å². The second-order valence-corrected chi connectivity index (χ2v) is 4.75. The Bertz CT molecular complexity index is 366. The summed E-state index contributed by atoms with van der Waals surface area (Å²) in [6, 6.07) is 8.17. The molecule has 20 heavy (non-hydrogen) atoms. The molecule has 0 spiro atoms. The van der Waals surface area contributed by atoms with Crippen molar-refractivity contribution in [3.8, 4) is 5.75 Å². The fourth-order valence-corrected chi connectivity index (χ4v) is 1.97. The highest BCUT2D eigenvalue weighted by atomic mass is 16.5. The Kier molecular flexibility index (Phi) is 9.62. The standard InChI is InChI=1S/C17H27NO2/c1-3-9-16-10-4-5-11-17(16)20-15-7-6-12-18-13-8-14-19-2/h3-5,10-11,18H,1,6-9,12-15H2,2H3. The molecule has 3 nitrogen and oxygen atoms in total. The lowest BCUT2D eigenvalue weighted by atomic mass is 10.1. The van der Waals surface area contributed by atoms with Crippen molar-refractivity contribution < 1.29 is 9.47 Å². The van der Waals surface area contributed by atoms with E-state index in [2.05, 4.69) is 18.0 Å². The van der Waals surface area contributed by atoms with Gasteiger partial charge < -0.3 is 14.8 Å². The van der Waals surface area contributed by atoms with Crippen LogP contribution in [-0.2, 0) is 11.2 Å². The first-order valence-corrected chi connectivity index (χ1v) is 7.39. The Balaban J connectivity index is 2.08. The molecule has 0 amide bonds. The fraction of sp³-hybridized carbons (Fsp3) is 0.529. The molecule has 0 aromatic heterocycles. The first kappa shape index (κ1) is 16.7. The van der Waals surface area contributed by atoms with Crippen LogP contribution in [0.3, 0.4) is 0 Å². The number of hydrogen-bond acceptors (Lipinski definition) is 3. The number of ether oxygens (including phenoxy) is 2. The van der Waals surface area contributed by atoms with E-state index in [0.29, 0.717) is 0 Å². The highest BCUT2D eigenvalue weighted by Crippen LogP contribution is 2.18. The van der Waals surface area contributed by atoms with Crippen molar-refractivity contribution in [1.29, 1.82) is 0 Å². The minimum atomic E-state index is 0.772. The van der Waals surface area contributed by atoms with Crippen LogP contribution in [0.5, 0.6) is 5.75 Å². The molecule has 0 saturated heterocycles. The van der Waals surface area contributed by atoms with Crippen LogP contribution in [0.2, 0.25) is 0 Å². The molecule has 0 fully saturated rings. The molecule has 0 aliphatic carbocycles. The van der Waals surface area contributed by atoms with Gasteiger partial charge in [0.05, 0.1) is 6.61 Å². The zero-order valence-electron chi connectivity index (χ0n) is 12.6. The number of nitrogens with one attached hydrogen (secondary N) is 1. The lowest BCUT2D eigenvalue weighted by Crippen LogP contribution is -2.18. The molecular weight excluding hydrogens is 250 g/mol. The Morgan fingerprint density at radius 2 is 1.90 bits per heavy atom. The number of methoxy groups -OCH3 is 1. The monoisotopic (exact) mass is 277 g/mol. The lowest BCUT2D eigenvalue weighted by Gasteiger charge is -2.10. The summed E-state index contributed by atoms with van der Waals surface area (Å²) in [5.74, 6) is 0.987. The molecule has 0 bridgehead atoms. The molecule has 0 atom stereocenters. The van der Waals surface area contributed by atoms with Crippen LogP contribution >= 0.6 is 0 Å². The van der Waals surface area contributed by atoms with Crippen molar-refractivity contribution >= 4 is 0 Å². The van der Waals surface area contributed by atoms with Crippen LogP contribution < -0.4 is 10.1 Å². The van der Waals surface area contributed by atoms with E-state index in [1.807, 2.05) is 24.3 Å². The highest BCUT2D eigenvalue weighted by Gasteiger charge is 2.00. The molecule has 1 aromatic carbocycles. The average Bonchev–Trinajstić information content (AvgIpc) is 2.47. The number of para-hydroxylation sites is 1. The SMILES string of the molecule is C=CCc1ccccc1OCCCCNCCCOC. The first-order chi connectivity index (χ1) is 9.88. The van der Waals surface area contributed by atoms with Crippen molar-refractivity contribution in [2.45, 2.75) is 25.7 Å². The minimum Gasteiger partial charge on any atom is -0.493 e. The molecule has 0 saturated carbocycles. The Morgan fingerprint density at radius 3 is 2.70 bits per heavy atom. The summed E-state index contributed by atoms with van der Waals surface area (Å²) in [6.45, 7) is 7.44. The van der Waals surface area contributed by atoms with Gasteiger partial charge in [-0.3, -0.25) is 0 Å². The normalized spacial score (nSPS) is 10.4. The largest absolute Gasteiger partial charge is 0.493 e. The molecule has 0 unspecified atom stereocenters. The van der Waals surface area contributed by atoms with E-state index < -0.39 is 0 Å². The number of rotatable bonds is 12. The van der Waals surface area contributed by atoms with Gasteiger partial charge in [0, 0.05) is 13.7 Å². The molecule has 1 rings (SSSR count). The van der Waals surface area contributed by atoms with Gasteiger partial charge in [0.2, 0.25) is 0 Å². The van der Waals surface area contributed by atoms with Crippen LogP contribution in [0.4, 0.5) is 0 Å². The van der Waals surface area contributed by atoms with Crippen molar-refractivity contribution in [2.24, 2.45) is 0 Å². The lowest BCUT2D eigenvalue weighted by molar-refractivity contribution is 0.194. The fourth-order valence-electron chi connectivity index (χ4n) is 1.97. The van der Waals surface area contributed by atoms with Crippen LogP contribution in [0.25, 0.3) is 0 Å². The molecule has 1 N–H and O–H groups in total. The smallest absolute Gasteiger partial charge is 0.122 e. The van der Waals surface area contributed by atoms with Gasteiger partial charge in [-0.15, -0.1) is 6.58 Å². The molecule has 3 heteroatoms. The molecule has 0 aliphatic rings. The summed E-state index contributed by atoms with van der Waals surface area (Å²) in [4.78, 5) is 0. The van der Waals surface area contributed by atoms with E-state index >= 15 is 0 Å². The first-order valence-electron chi connectivity index (χ1n) is 7.39. The predicted octanol–water partition coefficient (Wildman–Crippen LogP) is 3.20. The van der Waals surface area contributed by atoms with Gasteiger partial charge >= 0.3 is 0 Å². The van der Waals surface area contributed by atoms with Gasteiger partial charge in [-0.1, -0.05) is 24.3 Å². The molecule has 0 radical (unpaired) electrons. The van der Waals surface area contributed by atoms with Gasteiger partial charge in [-0.2, -0.15) is 0 Å². The van der Waals surface area contributed by atoms with E-state index in [1.165, 1.54) is 5.56 Å². The van der Waals surface area contributed by atoms with Crippen molar-refractivity contribution in [3.05, 3.63) is 42.5 Å². The van der Waals surface area contributed by atoms with E-state index in [9.17, 15) is 0 Å². The molecule has 0 heterocycles. The second kappa shape index (κ2) is 11.5. The number of benzene rings is 1. The Labute approximate surface area is 123 Å². The van der Waals surface area contributed by atoms with Crippen molar-refractivity contribution in [3.63, 3.8) is 0 Å². The third-order valence-electron chi connectivity index (χ3n) is 3.04. The molecule has 1 aromatic rings.